The van der Waals surface area contributed by atoms with Crippen LogP contribution in [0.15, 0.2) is 58.6 Å². The number of pyridine rings is 2. The van der Waals surface area contributed by atoms with Crippen LogP contribution in [0, 0.1) is 0 Å². The number of anilines is 2. The van der Waals surface area contributed by atoms with Crippen molar-refractivity contribution in [3.05, 3.63) is 70.1 Å². The largest absolute Gasteiger partial charge is 0.321 e. The minimum Gasteiger partial charge on any atom is -0.321 e. The van der Waals surface area contributed by atoms with Crippen molar-refractivity contribution in [3.8, 4) is 0 Å². The zero-order chi connectivity index (χ0) is 19.0. The smallest absolute Gasteiger partial charge is 0.275 e. The van der Waals surface area contributed by atoms with Crippen molar-refractivity contribution in [1.82, 2.24) is 9.97 Å². The molecule has 3 aromatic rings. The summed E-state index contributed by atoms with van der Waals surface area (Å²) in [5.74, 6) is -0.798. The lowest BCUT2D eigenvalue weighted by Crippen LogP contribution is -2.16. The quantitative estimate of drug-likeness (QED) is 0.588. The van der Waals surface area contributed by atoms with Crippen LogP contribution in [0.1, 0.15) is 20.8 Å². The average molecular weight is 417 g/mol. The highest BCUT2D eigenvalue weighted by Gasteiger charge is 2.22. The molecule has 0 fully saturated rings. The van der Waals surface area contributed by atoms with Crippen molar-refractivity contribution in [2.24, 2.45) is 0 Å². The molecule has 6 nitrogen and oxygen atoms in total. The average Bonchev–Trinajstić information content (AvgIpc) is 2.79. The van der Waals surface area contributed by atoms with Gasteiger partial charge in [0.1, 0.15) is 15.9 Å². The van der Waals surface area contributed by atoms with E-state index in [4.69, 9.17) is 23.2 Å². The third-order valence-corrected chi connectivity index (χ3v) is 5.35. The Morgan fingerprint density at radius 1 is 1.15 bits per heavy atom. The van der Waals surface area contributed by atoms with Crippen LogP contribution in [0.25, 0.3) is 0 Å². The Kier molecular flexibility index (Phi) is 4.73. The summed E-state index contributed by atoms with van der Waals surface area (Å²) in [6.07, 6.45) is 1.67. The van der Waals surface area contributed by atoms with Crippen LogP contribution in [0.2, 0.25) is 10.2 Å². The summed E-state index contributed by atoms with van der Waals surface area (Å²) >= 11 is 13.2. The minimum absolute atomic E-state index is 0.00883. The van der Waals surface area contributed by atoms with E-state index in [0.717, 1.165) is 4.90 Å². The minimum atomic E-state index is -0.519. The third kappa shape index (κ3) is 3.62. The number of nitrogens with one attached hydrogen (secondary N) is 2. The number of hydrogen-bond donors (Lipinski definition) is 2. The van der Waals surface area contributed by atoms with Gasteiger partial charge in [0.25, 0.3) is 11.8 Å². The number of amides is 2. The lowest BCUT2D eigenvalue weighted by atomic mass is 10.1. The van der Waals surface area contributed by atoms with Gasteiger partial charge in [-0.3, -0.25) is 9.59 Å². The van der Waals surface area contributed by atoms with Gasteiger partial charge in [-0.2, -0.15) is 0 Å². The topological polar surface area (TPSA) is 84.0 Å². The molecular weight excluding hydrogens is 407 g/mol. The summed E-state index contributed by atoms with van der Waals surface area (Å²) in [4.78, 5) is 34.0. The first-order valence-electron chi connectivity index (χ1n) is 7.73. The molecule has 1 aromatic carbocycles. The number of hydrogen-bond acceptors (Lipinski definition) is 5. The highest BCUT2D eigenvalue weighted by atomic mass is 35.5. The Balaban J connectivity index is 1.64. The van der Waals surface area contributed by atoms with Gasteiger partial charge in [-0.1, -0.05) is 35.0 Å². The molecule has 0 atom stereocenters. The van der Waals surface area contributed by atoms with E-state index in [1.54, 1.807) is 36.5 Å². The summed E-state index contributed by atoms with van der Waals surface area (Å²) in [7, 11) is 0. The summed E-state index contributed by atoms with van der Waals surface area (Å²) in [6.45, 7) is 0. The normalized spacial score (nSPS) is 12.4. The molecule has 4 rings (SSSR count). The lowest BCUT2D eigenvalue weighted by molar-refractivity contribution is 0.101. The second-order valence-corrected chi connectivity index (χ2v) is 7.37. The molecule has 0 aliphatic carbocycles. The van der Waals surface area contributed by atoms with Crippen molar-refractivity contribution >= 4 is 58.2 Å². The third-order valence-electron chi connectivity index (χ3n) is 3.74. The summed E-state index contributed by atoms with van der Waals surface area (Å²) in [5.41, 5.74) is 1.52. The van der Waals surface area contributed by atoms with Crippen LogP contribution < -0.4 is 10.6 Å². The van der Waals surface area contributed by atoms with Gasteiger partial charge in [-0.15, -0.1) is 0 Å². The molecule has 9 heteroatoms. The Hall–Kier alpha value is -2.61. The van der Waals surface area contributed by atoms with Crippen molar-refractivity contribution in [2.75, 3.05) is 10.6 Å². The number of carbonyl (C=O) groups is 2. The SMILES string of the molecule is O=C1Nc2cccnc2Sc2ccc(NC(=O)c3nc(Cl)ccc3Cl)cc21. The number of aromatic nitrogens is 2. The molecular formula is C18H10Cl2N4O2S. The van der Waals surface area contributed by atoms with E-state index < -0.39 is 5.91 Å². The molecule has 2 aromatic heterocycles. The molecule has 0 spiro atoms. The number of benzene rings is 1. The first-order valence-corrected chi connectivity index (χ1v) is 9.30. The van der Waals surface area contributed by atoms with E-state index in [9.17, 15) is 9.59 Å². The van der Waals surface area contributed by atoms with Gasteiger partial charge >= 0.3 is 0 Å². The zero-order valence-corrected chi connectivity index (χ0v) is 15.8. The van der Waals surface area contributed by atoms with E-state index >= 15 is 0 Å². The fourth-order valence-electron chi connectivity index (χ4n) is 2.50. The first-order chi connectivity index (χ1) is 13.0. The molecule has 2 N–H and O–H groups in total. The van der Waals surface area contributed by atoms with Crippen LogP contribution in [0.3, 0.4) is 0 Å². The molecule has 0 saturated heterocycles. The molecule has 0 bridgehead atoms. The monoisotopic (exact) mass is 416 g/mol. The predicted molar refractivity (Wildman–Crippen MR) is 105 cm³/mol. The maximum Gasteiger partial charge on any atom is 0.275 e. The standard InChI is InChI=1S/C18H10Cl2N4O2S/c19-11-4-6-14(20)24-15(11)17(26)22-9-3-5-13-10(8-9)16(25)23-12-2-1-7-21-18(12)27-13/h1-8H,(H,22,26)(H,23,25). The van der Waals surface area contributed by atoms with E-state index in [0.29, 0.717) is 22.0 Å². The summed E-state index contributed by atoms with van der Waals surface area (Å²) in [6, 6.07) is 11.6. The van der Waals surface area contributed by atoms with E-state index in [1.165, 1.54) is 23.9 Å². The van der Waals surface area contributed by atoms with Crippen molar-refractivity contribution in [3.63, 3.8) is 0 Å². The van der Waals surface area contributed by atoms with Gasteiger partial charge in [0, 0.05) is 16.8 Å². The molecule has 1 aliphatic rings. The van der Waals surface area contributed by atoms with Crippen molar-refractivity contribution in [1.29, 1.82) is 0 Å². The second-order valence-electron chi connectivity index (χ2n) is 5.54. The Morgan fingerprint density at radius 3 is 2.85 bits per heavy atom. The Bertz CT molecular complexity index is 1090. The highest BCUT2D eigenvalue weighted by Crippen LogP contribution is 2.38. The highest BCUT2D eigenvalue weighted by molar-refractivity contribution is 7.99. The summed E-state index contributed by atoms with van der Waals surface area (Å²) < 4.78 is 0. The first kappa shape index (κ1) is 17.8. The molecule has 27 heavy (non-hydrogen) atoms. The predicted octanol–water partition coefficient (Wildman–Crippen LogP) is 4.75. The number of fused-ring (bicyclic) bond motifs is 2. The van der Waals surface area contributed by atoms with Crippen LogP contribution in [-0.2, 0) is 0 Å². The molecule has 2 amide bonds. The molecule has 134 valence electrons. The van der Waals surface area contributed by atoms with E-state index in [2.05, 4.69) is 20.6 Å². The van der Waals surface area contributed by atoms with Crippen molar-refractivity contribution < 1.29 is 9.59 Å². The van der Waals surface area contributed by atoms with Crippen LogP contribution >= 0.6 is 35.0 Å². The maximum atomic E-state index is 12.6. The zero-order valence-electron chi connectivity index (χ0n) is 13.5. The molecule has 3 heterocycles. The molecule has 1 aliphatic heterocycles. The maximum absolute atomic E-state index is 12.6. The number of rotatable bonds is 2. The van der Waals surface area contributed by atoms with Crippen molar-refractivity contribution in [2.45, 2.75) is 9.92 Å². The van der Waals surface area contributed by atoms with Crippen LogP contribution in [0.4, 0.5) is 11.4 Å². The van der Waals surface area contributed by atoms with E-state index in [1.807, 2.05) is 0 Å². The second kappa shape index (κ2) is 7.19. The van der Waals surface area contributed by atoms with E-state index in [-0.39, 0.29) is 21.8 Å². The van der Waals surface area contributed by atoms with Crippen LogP contribution in [-0.4, -0.2) is 21.8 Å². The van der Waals surface area contributed by atoms with Gasteiger partial charge < -0.3 is 10.6 Å². The Morgan fingerprint density at radius 2 is 2.00 bits per heavy atom. The van der Waals surface area contributed by atoms with Gasteiger partial charge in [-0.25, -0.2) is 9.97 Å². The molecule has 0 saturated carbocycles. The summed E-state index contributed by atoms with van der Waals surface area (Å²) in [5, 5.41) is 6.56. The van der Waals surface area contributed by atoms with Gasteiger partial charge in [-0.05, 0) is 42.5 Å². The lowest BCUT2D eigenvalue weighted by Gasteiger charge is -2.09. The fourth-order valence-corrected chi connectivity index (χ4v) is 3.79. The Labute approximate surface area is 168 Å². The van der Waals surface area contributed by atoms with Gasteiger partial charge in [0.05, 0.1) is 16.3 Å². The number of nitrogens with zero attached hydrogens (tertiary/aromatic N) is 2. The van der Waals surface area contributed by atoms with Gasteiger partial charge in [0.15, 0.2) is 0 Å². The van der Waals surface area contributed by atoms with Crippen LogP contribution in [0.5, 0.6) is 0 Å². The molecule has 0 radical (unpaired) electrons. The molecule has 0 unspecified atom stereocenters. The number of carbonyl (C=O) groups excluding carboxylic acids is 2. The fraction of sp³-hybridized carbons (Fsp3) is 0. The number of halogens is 2. The van der Waals surface area contributed by atoms with Gasteiger partial charge in [0.2, 0.25) is 0 Å².